The fourth-order valence-electron chi connectivity index (χ4n) is 5.35. The van der Waals surface area contributed by atoms with Gasteiger partial charge in [0.2, 0.25) is 11.8 Å². The highest BCUT2D eigenvalue weighted by atomic mass is 32.1. The van der Waals surface area contributed by atoms with E-state index >= 15 is 0 Å². The summed E-state index contributed by atoms with van der Waals surface area (Å²) in [6.45, 7) is 4.84. The maximum atomic E-state index is 14.7. The van der Waals surface area contributed by atoms with Gasteiger partial charge in [-0.3, -0.25) is 14.3 Å². The summed E-state index contributed by atoms with van der Waals surface area (Å²) in [5.74, 6) is -0.267. The molecule has 1 atom stereocenters. The molecule has 2 fully saturated rings. The van der Waals surface area contributed by atoms with E-state index in [1.807, 2.05) is 4.90 Å². The van der Waals surface area contributed by atoms with Gasteiger partial charge in [-0.1, -0.05) is 11.3 Å². The summed E-state index contributed by atoms with van der Waals surface area (Å²) >= 11 is 1.05. The van der Waals surface area contributed by atoms with Crippen LogP contribution in [0.5, 0.6) is 5.75 Å². The molecule has 0 radical (unpaired) electrons. The molecule has 2 saturated heterocycles. The predicted molar refractivity (Wildman–Crippen MR) is 149 cm³/mol. The molecule has 0 unspecified atom stereocenters. The van der Waals surface area contributed by atoms with Crippen molar-refractivity contribution in [2.75, 3.05) is 56.4 Å². The van der Waals surface area contributed by atoms with Crippen LogP contribution in [-0.2, 0) is 6.54 Å². The minimum absolute atomic E-state index is 0.0751. The number of nitrogens with two attached hydrogens (primary N) is 1. The fraction of sp³-hybridized carbons (Fsp3) is 0.385. The Morgan fingerprint density at radius 2 is 1.98 bits per heavy atom. The number of benzene rings is 1. The first-order valence-corrected chi connectivity index (χ1v) is 14.2. The molecule has 4 aromatic heterocycles. The largest absolute Gasteiger partial charge is 0.486 e. The Balaban J connectivity index is 1.05. The summed E-state index contributed by atoms with van der Waals surface area (Å²) in [7, 11) is 0. The molecular formula is C26H27F2N9O3S. The van der Waals surface area contributed by atoms with Crippen molar-refractivity contribution in [2.24, 2.45) is 0 Å². The lowest BCUT2D eigenvalue weighted by molar-refractivity contribution is 0.212. The summed E-state index contributed by atoms with van der Waals surface area (Å²) in [6.07, 6.45) is 2.19. The number of ether oxygens (including phenoxy) is 1. The minimum atomic E-state index is -0.694. The number of hydrogen-bond acceptors (Lipinski definition) is 11. The Bertz CT molecular complexity index is 1770. The van der Waals surface area contributed by atoms with Crippen molar-refractivity contribution in [2.45, 2.75) is 19.1 Å². The highest BCUT2D eigenvalue weighted by molar-refractivity contribution is 7.17. The van der Waals surface area contributed by atoms with Crippen molar-refractivity contribution < 1.29 is 17.9 Å². The molecular weight excluding hydrogens is 556 g/mol. The van der Waals surface area contributed by atoms with E-state index in [2.05, 4.69) is 25.3 Å². The first kappa shape index (κ1) is 25.9. The van der Waals surface area contributed by atoms with Crippen LogP contribution >= 0.6 is 11.3 Å². The van der Waals surface area contributed by atoms with Gasteiger partial charge < -0.3 is 25.1 Å². The lowest BCUT2D eigenvalue weighted by Gasteiger charge is -2.36. The van der Waals surface area contributed by atoms with E-state index in [-0.39, 0.29) is 22.7 Å². The Labute approximate surface area is 235 Å². The van der Waals surface area contributed by atoms with Gasteiger partial charge in [0, 0.05) is 57.9 Å². The Kier molecular flexibility index (Phi) is 6.55. The normalized spacial score (nSPS) is 18.2. The molecule has 0 amide bonds. The van der Waals surface area contributed by atoms with Gasteiger partial charge in [0.05, 0.1) is 12.0 Å². The number of nitrogens with one attached hydrogen (secondary N) is 1. The Morgan fingerprint density at radius 1 is 1.12 bits per heavy atom. The maximum absolute atomic E-state index is 14.7. The summed E-state index contributed by atoms with van der Waals surface area (Å²) in [5, 5.41) is 7.57. The van der Waals surface area contributed by atoms with Crippen molar-refractivity contribution in [3.05, 3.63) is 51.8 Å². The molecule has 0 bridgehead atoms. The number of hydrogen-bond donors (Lipinski definition) is 2. The van der Waals surface area contributed by atoms with E-state index in [9.17, 15) is 13.6 Å². The summed E-state index contributed by atoms with van der Waals surface area (Å²) < 4.78 is 43.9. The van der Waals surface area contributed by atoms with Gasteiger partial charge >= 0.3 is 4.87 Å². The Hall–Kier alpha value is -4.08. The molecule has 2 aliphatic heterocycles. The number of anilines is 2. The highest BCUT2D eigenvalue weighted by Gasteiger charge is 2.25. The lowest BCUT2D eigenvalue weighted by atomic mass is 10.2. The van der Waals surface area contributed by atoms with Crippen LogP contribution in [0.1, 0.15) is 6.42 Å². The molecule has 0 spiro atoms. The fourth-order valence-corrected chi connectivity index (χ4v) is 6.28. The standard InChI is InChI=1S/C26H27F2N9O3S/c27-16-12-17(28)20(40-15-3-4-30-14-15)13-18(16)35-8-5-34(6-9-35)7-10-36-23-21(41-26(36)38)24-31-22(19-2-1-11-39-19)33-37(24)25(29)32-23/h1-2,11-13,15,30H,3-10,14H2,(H2,29,32)/t15-/m1/s1. The third kappa shape index (κ3) is 4.79. The second kappa shape index (κ2) is 10.4. The average Bonchev–Trinajstić information content (AvgIpc) is 3.77. The molecule has 0 aliphatic carbocycles. The number of halogens is 2. The smallest absolute Gasteiger partial charge is 0.309 e. The monoisotopic (exact) mass is 583 g/mol. The van der Waals surface area contributed by atoms with Gasteiger partial charge in [0.25, 0.3) is 0 Å². The van der Waals surface area contributed by atoms with Gasteiger partial charge in [-0.25, -0.2) is 13.8 Å². The first-order valence-electron chi connectivity index (χ1n) is 13.4. The van der Waals surface area contributed by atoms with Crippen molar-refractivity contribution in [3.63, 3.8) is 0 Å². The molecule has 214 valence electrons. The summed E-state index contributed by atoms with van der Waals surface area (Å²) in [4.78, 5) is 25.9. The van der Waals surface area contributed by atoms with E-state index in [0.29, 0.717) is 79.1 Å². The van der Waals surface area contributed by atoms with E-state index < -0.39 is 11.6 Å². The topological polar surface area (TPSA) is 132 Å². The number of furan rings is 1. The maximum Gasteiger partial charge on any atom is 0.309 e. The lowest BCUT2D eigenvalue weighted by Crippen LogP contribution is -2.47. The zero-order valence-corrected chi connectivity index (χ0v) is 22.7. The SMILES string of the molecule is Nc1nc2c(sc(=O)n2CCN2CCN(c3cc(O[C@@H]4CCNC4)c(F)cc3F)CC2)c2nc(-c3ccco3)nn12. The van der Waals surface area contributed by atoms with Crippen LogP contribution in [0, 0.1) is 11.6 Å². The Morgan fingerprint density at radius 3 is 2.73 bits per heavy atom. The van der Waals surface area contributed by atoms with Crippen molar-refractivity contribution >= 4 is 39.0 Å². The van der Waals surface area contributed by atoms with Crippen LogP contribution in [0.4, 0.5) is 20.4 Å². The van der Waals surface area contributed by atoms with Crippen LogP contribution in [-0.4, -0.2) is 81.0 Å². The van der Waals surface area contributed by atoms with Gasteiger partial charge in [0.1, 0.15) is 16.6 Å². The molecule has 1 aromatic carbocycles. The third-order valence-electron chi connectivity index (χ3n) is 7.52. The summed E-state index contributed by atoms with van der Waals surface area (Å²) in [6, 6.07) is 5.85. The van der Waals surface area contributed by atoms with Gasteiger partial charge in [0.15, 0.2) is 28.6 Å². The molecule has 41 heavy (non-hydrogen) atoms. The number of thiazole rings is 1. The molecule has 3 N–H and O–H groups in total. The number of rotatable bonds is 7. The average molecular weight is 584 g/mol. The number of nitrogen functional groups attached to an aromatic ring is 1. The van der Waals surface area contributed by atoms with E-state index in [1.165, 1.54) is 16.8 Å². The summed E-state index contributed by atoms with van der Waals surface area (Å²) in [5.41, 5.74) is 7.42. The molecule has 15 heteroatoms. The quantitative estimate of drug-likeness (QED) is 0.294. The van der Waals surface area contributed by atoms with Gasteiger partial charge in [-0.2, -0.15) is 9.50 Å². The van der Waals surface area contributed by atoms with E-state index in [1.54, 1.807) is 16.7 Å². The molecule has 12 nitrogen and oxygen atoms in total. The number of piperazine rings is 1. The highest BCUT2D eigenvalue weighted by Crippen LogP contribution is 2.30. The van der Waals surface area contributed by atoms with Gasteiger partial charge in [-0.15, -0.1) is 5.10 Å². The second-order valence-corrected chi connectivity index (χ2v) is 11.0. The van der Waals surface area contributed by atoms with Crippen LogP contribution in [0.15, 0.2) is 39.7 Å². The third-order valence-corrected chi connectivity index (χ3v) is 8.48. The van der Waals surface area contributed by atoms with E-state index in [4.69, 9.17) is 14.9 Å². The molecule has 7 rings (SSSR count). The molecule has 5 aromatic rings. The van der Waals surface area contributed by atoms with Crippen molar-refractivity contribution in [1.82, 2.24) is 34.4 Å². The number of nitrogens with zero attached hydrogens (tertiary/aromatic N) is 7. The zero-order valence-electron chi connectivity index (χ0n) is 21.9. The van der Waals surface area contributed by atoms with Crippen LogP contribution in [0.25, 0.3) is 27.6 Å². The first-order chi connectivity index (χ1) is 19.9. The number of fused-ring (bicyclic) bond motifs is 3. The van der Waals surface area contributed by atoms with Crippen LogP contribution in [0.2, 0.25) is 0 Å². The zero-order chi connectivity index (χ0) is 28.1. The van der Waals surface area contributed by atoms with Crippen molar-refractivity contribution in [1.29, 1.82) is 0 Å². The second-order valence-electron chi connectivity index (χ2n) is 10.1. The van der Waals surface area contributed by atoms with Crippen LogP contribution in [0.3, 0.4) is 0 Å². The number of aromatic nitrogens is 5. The minimum Gasteiger partial charge on any atom is -0.486 e. The molecule has 6 heterocycles. The predicted octanol–water partition coefficient (Wildman–Crippen LogP) is 2.18. The van der Waals surface area contributed by atoms with Crippen molar-refractivity contribution in [3.8, 4) is 17.3 Å². The molecule has 2 aliphatic rings. The van der Waals surface area contributed by atoms with E-state index in [0.717, 1.165) is 30.4 Å². The van der Waals surface area contributed by atoms with Crippen LogP contribution < -0.4 is 25.6 Å². The molecule has 0 saturated carbocycles. The van der Waals surface area contributed by atoms with Gasteiger partial charge in [-0.05, 0) is 25.1 Å².